The molecular weight excluding hydrogens is 390 g/mol. The molecule has 1 spiro atoms. The van der Waals surface area contributed by atoms with Crippen molar-refractivity contribution in [3.8, 4) is 6.07 Å². The molecule has 1 aliphatic heterocycles. The van der Waals surface area contributed by atoms with Gasteiger partial charge in [-0.05, 0) is 36.1 Å². The Bertz CT molecular complexity index is 1200. The lowest BCUT2D eigenvalue weighted by atomic mass is 9.92. The molecule has 5 rings (SSSR count). The van der Waals surface area contributed by atoms with E-state index in [0.29, 0.717) is 33.6 Å². The Balaban J connectivity index is 1.27. The monoisotopic (exact) mass is 405 g/mol. The van der Waals surface area contributed by atoms with E-state index in [4.69, 9.17) is 17.3 Å². The quantitative estimate of drug-likeness (QED) is 0.642. The molecule has 1 atom stereocenters. The van der Waals surface area contributed by atoms with Gasteiger partial charge in [0, 0.05) is 42.2 Å². The van der Waals surface area contributed by atoms with Crippen molar-refractivity contribution in [2.75, 3.05) is 29.0 Å². The zero-order valence-electron chi connectivity index (χ0n) is 15.3. The number of halogens is 1. The van der Waals surface area contributed by atoms with Gasteiger partial charge in [0.1, 0.15) is 28.7 Å². The van der Waals surface area contributed by atoms with Crippen LogP contribution in [0.25, 0.3) is 10.8 Å². The fraction of sp³-hybridized carbons (Fsp3) is 0.250. The zero-order chi connectivity index (χ0) is 20.2. The molecule has 1 unspecified atom stereocenters. The number of nitriles is 1. The molecule has 29 heavy (non-hydrogen) atoms. The SMILES string of the molecule is N#Cc1cccnc1N1CC2(CC2C(=O)Nc2cc3cc(Cl)nc(N)c3cn2)C1. The van der Waals surface area contributed by atoms with E-state index in [9.17, 15) is 10.1 Å². The lowest BCUT2D eigenvalue weighted by molar-refractivity contribution is -0.118. The normalized spacial score (nSPS) is 18.9. The fourth-order valence-corrected chi connectivity index (χ4v) is 4.30. The van der Waals surface area contributed by atoms with Gasteiger partial charge in [0.25, 0.3) is 0 Å². The van der Waals surface area contributed by atoms with Crippen LogP contribution in [0.1, 0.15) is 12.0 Å². The Kier molecular flexibility index (Phi) is 3.83. The third-order valence-electron chi connectivity index (χ3n) is 5.69. The maximum atomic E-state index is 12.7. The third kappa shape index (κ3) is 2.91. The number of nitrogen functional groups attached to an aromatic ring is 1. The van der Waals surface area contributed by atoms with Crippen LogP contribution in [-0.2, 0) is 4.79 Å². The molecule has 3 N–H and O–H groups in total. The van der Waals surface area contributed by atoms with Crippen LogP contribution in [0.15, 0.2) is 36.7 Å². The summed E-state index contributed by atoms with van der Waals surface area (Å²) in [5.74, 6) is 1.33. The van der Waals surface area contributed by atoms with Gasteiger partial charge in [-0.1, -0.05) is 11.6 Å². The number of nitrogens with two attached hydrogens (primary N) is 1. The molecule has 2 aliphatic rings. The van der Waals surface area contributed by atoms with E-state index in [-0.39, 0.29) is 17.2 Å². The number of nitrogens with one attached hydrogen (secondary N) is 1. The molecule has 144 valence electrons. The lowest BCUT2D eigenvalue weighted by Crippen LogP contribution is -2.51. The molecule has 4 heterocycles. The zero-order valence-corrected chi connectivity index (χ0v) is 16.0. The van der Waals surface area contributed by atoms with E-state index in [1.165, 1.54) is 0 Å². The molecule has 3 aromatic heterocycles. The number of fused-ring (bicyclic) bond motifs is 1. The van der Waals surface area contributed by atoms with Crippen LogP contribution >= 0.6 is 11.6 Å². The first kappa shape index (κ1) is 17.6. The largest absolute Gasteiger partial charge is 0.383 e. The number of aromatic nitrogens is 3. The van der Waals surface area contributed by atoms with Crippen LogP contribution < -0.4 is 16.0 Å². The molecular formula is C20H16ClN7O. The second kappa shape index (κ2) is 6.29. The number of carbonyl (C=O) groups is 1. The first-order chi connectivity index (χ1) is 14.0. The topological polar surface area (TPSA) is 121 Å². The smallest absolute Gasteiger partial charge is 0.229 e. The van der Waals surface area contributed by atoms with Gasteiger partial charge in [0.2, 0.25) is 5.91 Å². The van der Waals surface area contributed by atoms with Crippen LogP contribution in [0.2, 0.25) is 5.15 Å². The molecule has 1 saturated carbocycles. The highest BCUT2D eigenvalue weighted by Crippen LogP contribution is 2.59. The second-order valence-corrected chi connectivity index (χ2v) is 7.96. The van der Waals surface area contributed by atoms with Crippen molar-refractivity contribution in [1.82, 2.24) is 15.0 Å². The Labute approximate surface area is 171 Å². The summed E-state index contributed by atoms with van der Waals surface area (Å²) in [5.41, 5.74) is 6.37. The second-order valence-electron chi connectivity index (χ2n) is 7.57. The number of hydrogen-bond acceptors (Lipinski definition) is 7. The van der Waals surface area contributed by atoms with Crippen molar-refractivity contribution < 1.29 is 4.79 Å². The van der Waals surface area contributed by atoms with Gasteiger partial charge in [0.05, 0.1) is 5.56 Å². The molecule has 1 amide bonds. The number of hydrogen-bond donors (Lipinski definition) is 2. The van der Waals surface area contributed by atoms with E-state index in [1.54, 1.807) is 36.7 Å². The lowest BCUT2D eigenvalue weighted by Gasteiger charge is -2.41. The van der Waals surface area contributed by atoms with Gasteiger partial charge >= 0.3 is 0 Å². The van der Waals surface area contributed by atoms with Crippen LogP contribution in [0.5, 0.6) is 0 Å². The summed E-state index contributed by atoms with van der Waals surface area (Å²) in [5, 5.41) is 13.9. The summed E-state index contributed by atoms with van der Waals surface area (Å²) in [4.78, 5) is 27.4. The third-order valence-corrected chi connectivity index (χ3v) is 5.88. The molecule has 0 bridgehead atoms. The molecule has 0 radical (unpaired) electrons. The summed E-state index contributed by atoms with van der Waals surface area (Å²) in [7, 11) is 0. The van der Waals surface area contributed by atoms with Crippen molar-refractivity contribution in [2.24, 2.45) is 11.3 Å². The van der Waals surface area contributed by atoms with Crippen LogP contribution in [0.3, 0.4) is 0 Å². The van der Waals surface area contributed by atoms with Crippen molar-refractivity contribution in [1.29, 1.82) is 5.26 Å². The molecule has 9 heteroatoms. The number of nitrogens with zero attached hydrogens (tertiary/aromatic N) is 5. The first-order valence-corrected chi connectivity index (χ1v) is 9.50. The molecule has 2 fully saturated rings. The predicted molar refractivity (Wildman–Crippen MR) is 109 cm³/mol. The van der Waals surface area contributed by atoms with Gasteiger partial charge in [0.15, 0.2) is 0 Å². The number of carbonyl (C=O) groups excluding carboxylic acids is 1. The van der Waals surface area contributed by atoms with Crippen molar-refractivity contribution in [3.63, 3.8) is 0 Å². The predicted octanol–water partition coefficient (Wildman–Crippen LogP) is 2.60. The molecule has 1 aliphatic carbocycles. The number of rotatable bonds is 3. The van der Waals surface area contributed by atoms with Gasteiger partial charge in [-0.15, -0.1) is 0 Å². The van der Waals surface area contributed by atoms with E-state index in [2.05, 4.69) is 31.2 Å². The molecule has 8 nitrogen and oxygen atoms in total. The Morgan fingerprint density at radius 1 is 1.38 bits per heavy atom. The molecule has 1 saturated heterocycles. The molecule has 3 aromatic rings. The van der Waals surface area contributed by atoms with Gasteiger partial charge in [-0.3, -0.25) is 4.79 Å². The van der Waals surface area contributed by atoms with Crippen molar-refractivity contribution in [2.45, 2.75) is 6.42 Å². The standard InChI is InChI=1S/C20H16ClN7O/c21-15-4-12-5-16(25-8-13(12)17(23)26-15)27-19(29)14-6-20(14)9-28(10-20)18-11(7-22)2-1-3-24-18/h1-5,8,14H,6,9-10H2,(H2,23,26)(H,25,27,29). The average molecular weight is 406 g/mol. The number of pyridine rings is 3. The minimum atomic E-state index is -0.0726. The highest BCUT2D eigenvalue weighted by Gasteiger charge is 2.64. The Morgan fingerprint density at radius 3 is 3.00 bits per heavy atom. The summed E-state index contributed by atoms with van der Waals surface area (Å²) in [6.07, 6.45) is 4.08. The highest BCUT2D eigenvalue weighted by molar-refractivity contribution is 6.30. The van der Waals surface area contributed by atoms with Gasteiger partial charge in [-0.25, -0.2) is 15.0 Å². The van der Waals surface area contributed by atoms with Crippen LogP contribution in [-0.4, -0.2) is 33.9 Å². The minimum absolute atomic E-state index is 0.0389. The molecule has 0 aromatic carbocycles. The summed E-state index contributed by atoms with van der Waals surface area (Å²) < 4.78 is 0. The number of anilines is 3. The van der Waals surface area contributed by atoms with Crippen LogP contribution in [0.4, 0.5) is 17.5 Å². The summed E-state index contributed by atoms with van der Waals surface area (Å²) >= 11 is 5.96. The van der Waals surface area contributed by atoms with Gasteiger partial charge in [-0.2, -0.15) is 5.26 Å². The summed E-state index contributed by atoms with van der Waals surface area (Å²) in [6.45, 7) is 1.44. The minimum Gasteiger partial charge on any atom is -0.383 e. The first-order valence-electron chi connectivity index (χ1n) is 9.12. The fourth-order valence-electron chi connectivity index (χ4n) is 4.09. The maximum Gasteiger partial charge on any atom is 0.229 e. The Morgan fingerprint density at radius 2 is 2.21 bits per heavy atom. The van der Waals surface area contributed by atoms with Crippen molar-refractivity contribution in [3.05, 3.63) is 47.4 Å². The Hall–Kier alpha value is -3.44. The van der Waals surface area contributed by atoms with Crippen LogP contribution in [0, 0.1) is 22.7 Å². The number of amides is 1. The van der Waals surface area contributed by atoms with Crippen molar-refractivity contribution >= 4 is 45.7 Å². The highest BCUT2D eigenvalue weighted by atomic mass is 35.5. The average Bonchev–Trinajstić information content (AvgIpc) is 3.42. The van der Waals surface area contributed by atoms with E-state index < -0.39 is 0 Å². The van der Waals surface area contributed by atoms with E-state index >= 15 is 0 Å². The van der Waals surface area contributed by atoms with E-state index in [0.717, 1.165) is 24.9 Å². The maximum absolute atomic E-state index is 12.7. The van der Waals surface area contributed by atoms with E-state index in [1.807, 2.05) is 0 Å². The van der Waals surface area contributed by atoms with Gasteiger partial charge < -0.3 is 16.0 Å². The summed E-state index contributed by atoms with van der Waals surface area (Å²) in [6, 6.07) is 9.10.